The van der Waals surface area contributed by atoms with Gasteiger partial charge in [-0.15, -0.1) is 0 Å². The average Bonchev–Trinajstić information content (AvgIpc) is 2.82. The highest BCUT2D eigenvalue weighted by atomic mass is 16.5. The third-order valence-electron chi connectivity index (χ3n) is 3.64. The van der Waals surface area contributed by atoms with Gasteiger partial charge in [-0.25, -0.2) is 0 Å². The second kappa shape index (κ2) is 5.05. The van der Waals surface area contributed by atoms with E-state index in [4.69, 9.17) is 15.0 Å². The molecule has 100 valence electrons. The summed E-state index contributed by atoms with van der Waals surface area (Å²) in [5.74, 6) is 1.74. The van der Waals surface area contributed by atoms with Crippen molar-refractivity contribution in [2.24, 2.45) is 0 Å². The van der Waals surface area contributed by atoms with Crippen molar-refractivity contribution < 1.29 is 9.26 Å². The lowest BCUT2D eigenvalue weighted by molar-refractivity contribution is 0.0792. The van der Waals surface area contributed by atoms with Crippen molar-refractivity contribution in [2.75, 3.05) is 18.9 Å². The van der Waals surface area contributed by atoms with Crippen molar-refractivity contribution in [3.63, 3.8) is 0 Å². The van der Waals surface area contributed by atoms with Crippen LogP contribution in [0.25, 0.3) is 11.1 Å². The second-order valence-corrected chi connectivity index (χ2v) is 5.06. The van der Waals surface area contributed by atoms with E-state index in [1.807, 2.05) is 6.07 Å². The zero-order valence-corrected chi connectivity index (χ0v) is 11.1. The molecule has 0 unspecified atom stereocenters. The van der Waals surface area contributed by atoms with Crippen LogP contribution in [0.1, 0.15) is 30.1 Å². The maximum atomic E-state index is 5.99. The minimum absolute atomic E-state index is 0.356. The number of anilines is 1. The molecule has 0 spiro atoms. The van der Waals surface area contributed by atoms with E-state index >= 15 is 0 Å². The first-order valence-electron chi connectivity index (χ1n) is 6.65. The van der Waals surface area contributed by atoms with Crippen molar-refractivity contribution in [1.82, 2.24) is 5.16 Å². The molecule has 19 heavy (non-hydrogen) atoms. The van der Waals surface area contributed by atoms with Crippen molar-refractivity contribution in [3.8, 4) is 11.1 Å². The molecular formula is C15H18N2O2. The lowest BCUT2D eigenvalue weighted by atomic mass is 9.91. The number of aromatic nitrogens is 1. The van der Waals surface area contributed by atoms with Crippen LogP contribution in [0.5, 0.6) is 0 Å². The molecule has 4 nitrogen and oxygen atoms in total. The number of rotatable bonds is 2. The highest BCUT2D eigenvalue weighted by Crippen LogP contribution is 2.38. The standard InChI is InChI=1S/C15H18N2O2/c1-10-3-2-4-12(9-10)13-14(19-17-15(13)16)11-5-7-18-8-6-11/h2-4,9,11H,5-8H2,1H3,(H2,16,17). The zero-order valence-electron chi connectivity index (χ0n) is 11.1. The molecule has 1 saturated heterocycles. The normalized spacial score (nSPS) is 16.7. The summed E-state index contributed by atoms with van der Waals surface area (Å²) in [6.45, 7) is 3.62. The van der Waals surface area contributed by atoms with Crippen molar-refractivity contribution in [3.05, 3.63) is 35.6 Å². The monoisotopic (exact) mass is 258 g/mol. The van der Waals surface area contributed by atoms with Gasteiger partial charge in [0, 0.05) is 19.1 Å². The van der Waals surface area contributed by atoms with E-state index < -0.39 is 0 Å². The Balaban J connectivity index is 2.03. The van der Waals surface area contributed by atoms with E-state index in [1.54, 1.807) is 0 Å². The smallest absolute Gasteiger partial charge is 0.175 e. The molecule has 0 aliphatic carbocycles. The summed E-state index contributed by atoms with van der Waals surface area (Å²) in [5, 5.41) is 3.96. The fourth-order valence-electron chi connectivity index (χ4n) is 2.65. The Bertz CT molecular complexity index is 571. The van der Waals surface area contributed by atoms with Crippen molar-refractivity contribution >= 4 is 5.82 Å². The Morgan fingerprint density at radius 1 is 1.26 bits per heavy atom. The molecule has 0 saturated carbocycles. The van der Waals surface area contributed by atoms with Crippen molar-refractivity contribution in [1.29, 1.82) is 0 Å². The van der Waals surface area contributed by atoms with Gasteiger partial charge in [-0.2, -0.15) is 0 Å². The molecular weight excluding hydrogens is 240 g/mol. The molecule has 0 atom stereocenters. The van der Waals surface area contributed by atoms with Crippen LogP contribution in [0.15, 0.2) is 28.8 Å². The second-order valence-electron chi connectivity index (χ2n) is 5.06. The largest absolute Gasteiger partial charge is 0.381 e. The molecule has 2 aromatic rings. The van der Waals surface area contributed by atoms with E-state index in [2.05, 4.69) is 30.3 Å². The Labute approximate surface area is 112 Å². The number of hydrogen-bond acceptors (Lipinski definition) is 4. The Kier molecular flexibility index (Phi) is 3.25. The fourth-order valence-corrected chi connectivity index (χ4v) is 2.65. The quantitative estimate of drug-likeness (QED) is 0.899. The molecule has 1 aliphatic heterocycles. The predicted molar refractivity (Wildman–Crippen MR) is 73.9 cm³/mol. The van der Waals surface area contributed by atoms with Crippen LogP contribution in [-0.2, 0) is 4.74 Å². The van der Waals surface area contributed by atoms with Crippen LogP contribution in [-0.4, -0.2) is 18.4 Å². The van der Waals surface area contributed by atoms with Crippen LogP contribution in [0.3, 0.4) is 0 Å². The van der Waals surface area contributed by atoms with E-state index in [0.717, 1.165) is 42.9 Å². The van der Waals surface area contributed by atoms with Gasteiger partial charge in [-0.3, -0.25) is 0 Å². The first-order valence-corrected chi connectivity index (χ1v) is 6.65. The molecule has 1 aromatic heterocycles. The van der Waals surface area contributed by atoms with Gasteiger partial charge in [-0.05, 0) is 25.3 Å². The van der Waals surface area contributed by atoms with Gasteiger partial charge in [0.05, 0.1) is 5.56 Å². The summed E-state index contributed by atoms with van der Waals surface area (Å²) in [4.78, 5) is 0. The number of aryl methyl sites for hydroxylation is 1. The fraction of sp³-hybridized carbons (Fsp3) is 0.400. The van der Waals surface area contributed by atoms with Crippen molar-refractivity contribution in [2.45, 2.75) is 25.7 Å². The molecule has 0 radical (unpaired) electrons. The van der Waals surface area contributed by atoms with E-state index in [0.29, 0.717) is 11.7 Å². The number of benzene rings is 1. The van der Waals surface area contributed by atoms with Gasteiger partial charge >= 0.3 is 0 Å². The van der Waals surface area contributed by atoms with Crippen LogP contribution >= 0.6 is 0 Å². The van der Waals surface area contributed by atoms with E-state index in [-0.39, 0.29) is 0 Å². The number of nitrogens with two attached hydrogens (primary N) is 1. The molecule has 4 heteroatoms. The Morgan fingerprint density at radius 2 is 2.05 bits per heavy atom. The van der Waals surface area contributed by atoms with E-state index in [9.17, 15) is 0 Å². The molecule has 2 heterocycles. The molecule has 1 aliphatic rings. The average molecular weight is 258 g/mol. The summed E-state index contributed by atoms with van der Waals surface area (Å²) < 4.78 is 10.9. The van der Waals surface area contributed by atoms with Gasteiger partial charge in [0.1, 0.15) is 5.76 Å². The molecule has 1 fully saturated rings. The van der Waals surface area contributed by atoms with Gasteiger partial charge in [-0.1, -0.05) is 35.0 Å². The number of nitrogens with zero attached hydrogens (tertiary/aromatic N) is 1. The third kappa shape index (κ3) is 2.36. The number of nitrogen functional groups attached to an aromatic ring is 1. The number of ether oxygens (including phenoxy) is 1. The Morgan fingerprint density at radius 3 is 2.79 bits per heavy atom. The summed E-state index contributed by atoms with van der Waals surface area (Å²) in [5.41, 5.74) is 9.24. The van der Waals surface area contributed by atoms with Gasteiger partial charge in [0.25, 0.3) is 0 Å². The van der Waals surface area contributed by atoms with E-state index in [1.165, 1.54) is 5.56 Å². The van der Waals surface area contributed by atoms with Gasteiger partial charge < -0.3 is 15.0 Å². The maximum Gasteiger partial charge on any atom is 0.175 e. The molecule has 1 aromatic carbocycles. The van der Waals surface area contributed by atoms with Gasteiger partial charge in [0.2, 0.25) is 0 Å². The number of hydrogen-bond donors (Lipinski definition) is 1. The predicted octanol–water partition coefficient (Wildman–Crippen LogP) is 3.13. The van der Waals surface area contributed by atoms with Crippen LogP contribution < -0.4 is 5.73 Å². The topological polar surface area (TPSA) is 61.3 Å². The first-order chi connectivity index (χ1) is 9.25. The minimum atomic E-state index is 0.356. The SMILES string of the molecule is Cc1cccc(-c2c(N)noc2C2CCOCC2)c1. The third-order valence-corrected chi connectivity index (χ3v) is 3.64. The zero-order chi connectivity index (χ0) is 13.2. The summed E-state index contributed by atoms with van der Waals surface area (Å²) >= 11 is 0. The maximum absolute atomic E-state index is 5.99. The highest BCUT2D eigenvalue weighted by Gasteiger charge is 2.26. The summed E-state index contributed by atoms with van der Waals surface area (Å²) in [6.07, 6.45) is 1.93. The minimum Gasteiger partial charge on any atom is -0.381 e. The summed E-state index contributed by atoms with van der Waals surface area (Å²) in [6, 6.07) is 8.27. The molecule has 0 bridgehead atoms. The lowest BCUT2D eigenvalue weighted by Gasteiger charge is -2.20. The summed E-state index contributed by atoms with van der Waals surface area (Å²) in [7, 11) is 0. The van der Waals surface area contributed by atoms with Gasteiger partial charge in [0.15, 0.2) is 5.82 Å². The van der Waals surface area contributed by atoms with Crippen LogP contribution in [0, 0.1) is 6.92 Å². The first kappa shape index (κ1) is 12.2. The van der Waals surface area contributed by atoms with Crippen LogP contribution in [0.4, 0.5) is 5.82 Å². The molecule has 3 rings (SSSR count). The Hall–Kier alpha value is -1.81. The van der Waals surface area contributed by atoms with Crippen LogP contribution in [0.2, 0.25) is 0 Å². The molecule has 0 amide bonds. The molecule has 2 N–H and O–H groups in total. The highest BCUT2D eigenvalue weighted by molar-refractivity contribution is 5.76. The lowest BCUT2D eigenvalue weighted by Crippen LogP contribution is -2.14.